The first-order valence-corrected chi connectivity index (χ1v) is 11.1. The van der Waals surface area contributed by atoms with E-state index >= 15 is 0 Å². The molecule has 0 spiro atoms. The third kappa shape index (κ3) is 5.41. The molecule has 5 rings (SSSR count). The standard InChI is InChI=1S/C22H29N9O.ClH/c1-29-10-12-31(13-11-29)22-26-18-14-24-28-21(32)19(18)20(27-22)25-17-4-2-16(3-5-17)15-30-8-6-23-7-9-30;/h2-5,14,23H,6-13,15H2,1H3,(H,28,32)(H,25,26,27);1H. The lowest BCUT2D eigenvalue weighted by Crippen LogP contribution is -2.45. The first-order chi connectivity index (χ1) is 15.7. The summed E-state index contributed by atoms with van der Waals surface area (Å²) in [6, 6.07) is 8.33. The molecule has 3 N–H and O–H groups in total. The van der Waals surface area contributed by atoms with Crippen LogP contribution in [-0.4, -0.2) is 89.4 Å². The molecule has 2 fully saturated rings. The Labute approximate surface area is 198 Å². The molecule has 0 amide bonds. The normalized spacial score (nSPS) is 17.7. The highest BCUT2D eigenvalue weighted by Gasteiger charge is 2.20. The van der Waals surface area contributed by atoms with Gasteiger partial charge in [0.15, 0.2) is 0 Å². The molecule has 33 heavy (non-hydrogen) atoms. The third-order valence-corrected chi connectivity index (χ3v) is 6.12. The molecule has 0 aliphatic carbocycles. The zero-order valence-corrected chi connectivity index (χ0v) is 19.6. The van der Waals surface area contributed by atoms with E-state index in [-0.39, 0.29) is 18.0 Å². The summed E-state index contributed by atoms with van der Waals surface area (Å²) >= 11 is 0. The fraction of sp³-hybridized carbons (Fsp3) is 0.455. The number of aromatic nitrogens is 4. The Morgan fingerprint density at radius 2 is 1.73 bits per heavy atom. The number of hydrogen-bond donors (Lipinski definition) is 3. The summed E-state index contributed by atoms with van der Waals surface area (Å²) in [6.07, 6.45) is 1.58. The summed E-state index contributed by atoms with van der Waals surface area (Å²) in [7, 11) is 2.11. The van der Waals surface area contributed by atoms with Crippen molar-refractivity contribution in [3.05, 3.63) is 46.4 Å². The van der Waals surface area contributed by atoms with Crippen LogP contribution in [-0.2, 0) is 6.54 Å². The molecule has 2 aliphatic heterocycles. The van der Waals surface area contributed by atoms with Crippen molar-refractivity contribution in [1.29, 1.82) is 0 Å². The van der Waals surface area contributed by atoms with Crippen LogP contribution in [0.4, 0.5) is 17.5 Å². The summed E-state index contributed by atoms with van der Waals surface area (Å²) in [5, 5.41) is 13.6. The summed E-state index contributed by atoms with van der Waals surface area (Å²) in [5.74, 6) is 1.12. The van der Waals surface area contributed by atoms with Crippen LogP contribution in [0.3, 0.4) is 0 Å². The number of nitrogens with zero attached hydrogens (tertiary/aromatic N) is 6. The van der Waals surface area contributed by atoms with Gasteiger partial charge in [-0.05, 0) is 24.7 Å². The van der Waals surface area contributed by atoms with Crippen LogP contribution >= 0.6 is 12.4 Å². The number of likely N-dealkylation sites (N-methyl/N-ethyl adjacent to an activating group) is 1. The van der Waals surface area contributed by atoms with E-state index in [1.54, 1.807) is 6.20 Å². The van der Waals surface area contributed by atoms with E-state index in [9.17, 15) is 4.79 Å². The molecular formula is C22H30ClN9O. The van der Waals surface area contributed by atoms with Gasteiger partial charge in [0.2, 0.25) is 5.95 Å². The van der Waals surface area contributed by atoms with Crippen LogP contribution in [0, 0.1) is 0 Å². The molecule has 0 saturated carbocycles. The minimum absolute atomic E-state index is 0. The van der Waals surface area contributed by atoms with Gasteiger partial charge in [-0.15, -0.1) is 12.4 Å². The molecule has 10 nitrogen and oxygen atoms in total. The SMILES string of the molecule is CN1CCN(c2nc(Nc3ccc(CN4CCNCC4)cc3)c3c(=O)[nH]ncc3n2)CC1.Cl. The molecular weight excluding hydrogens is 442 g/mol. The summed E-state index contributed by atoms with van der Waals surface area (Å²) in [6.45, 7) is 8.75. The van der Waals surface area contributed by atoms with Crippen molar-refractivity contribution in [2.75, 3.05) is 69.6 Å². The maximum atomic E-state index is 12.5. The number of piperazine rings is 2. The van der Waals surface area contributed by atoms with E-state index in [2.05, 4.69) is 59.7 Å². The summed E-state index contributed by atoms with van der Waals surface area (Å²) in [5.41, 5.74) is 2.39. The van der Waals surface area contributed by atoms with Gasteiger partial charge in [0.05, 0.1) is 6.20 Å². The zero-order chi connectivity index (χ0) is 21.9. The van der Waals surface area contributed by atoms with Gasteiger partial charge in [0.25, 0.3) is 5.56 Å². The highest BCUT2D eigenvalue weighted by molar-refractivity contribution is 5.90. The fourth-order valence-corrected chi connectivity index (χ4v) is 4.19. The van der Waals surface area contributed by atoms with Gasteiger partial charge < -0.3 is 20.4 Å². The van der Waals surface area contributed by atoms with Crippen LogP contribution in [0.2, 0.25) is 0 Å². The first kappa shape index (κ1) is 23.4. The van der Waals surface area contributed by atoms with Gasteiger partial charge in [0.1, 0.15) is 16.7 Å². The summed E-state index contributed by atoms with van der Waals surface area (Å²) in [4.78, 5) is 28.8. The molecule has 2 aliphatic rings. The van der Waals surface area contributed by atoms with Crippen molar-refractivity contribution in [2.24, 2.45) is 0 Å². The number of nitrogens with one attached hydrogen (secondary N) is 3. The van der Waals surface area contributed by atoms with Crippen LogP contribution in [0.15, 0.2) is 35.3 Å². The average Bonchev–Trinajstić information content (AvgIpc) is 2.81. The lowest BCUT2D eigenvalue weighted by molar-refractivity contribution is 0.233. The molecule has 0 atom stereocenters. The predicted molar refractivity (Wildman–Crippen MR) is 133 cm³/mol. The van der Waals surface area contributed by atoms with E-state index in [1.807, 2.05) is 12.1 Å². The van der Waals surface area contributed by atoms with Crippen molar-refractivity contribution in [2.45, 2.75) is 6.54 Å². The van der Waals surface area contributed by atoms with Crippen LogP contribution in [0.5, 0.6) is 0 Å². The monoisotopic (exact) mass is 471 g/mol. The van der Waals surface area contributed by atoms with Crippen molar-refractivity contribution in [3.63, 3.8) is 0 Å². The zero-order valence-electron chi connectivity index (χ0n) is 18.8. The largest absolute Gasteiger partial charge is 0.339 e. The second-order valence-electron chi connectivity index (χ2n) is 8.47. The number of rotatable bonds is 5. The molecule has 11 heteroatoms. The highest BCUT2D eigenvalue weighted by Crippen LogP contribution is 2.24. The molecule has 0 radical (unpaired) electrons. The number of anilines is 3. The highest BCUT2D eigenvalue weighted by atomic mass is 35.5. The number of aromatic amines is 1. The van der Waals surface area contributed by atoms with Gasteiger partial charge in [-0.1, -0.05) is 12.1 Å². The van der Waals surface area contributed by atoms with E-state index in [0.29, 0.717) is 22.7 Å². The van der Waals surface area contributed by atoms with Crippen LogP contribution < -0.4 is 21.1 Å². The minimum Gasteiger partial charge on any atom is -0.339 e. The van der Waals surface area contributed by atoms with E-state index in [1.165, 1.54) is 5.56 Å². The lowest BCUT2D eigenvalue weighted by Gasteiger charge is -2.32. The van der Waals surface area contributed by atoms with E-state index in [0.717, 1.165) is 64.6 Å². The van der Waals surface area contributed by atoms with Gasteiger partial charge in [-0.25, -0.2) is 10.1 Å². The molecule has 4 heterocycles. The van der Waals surface area contributed by atoms with E-state index in [4.69, 9.17) is 4.98 Å². The topological polar surface area (TPSA) is 105 Å². The molecule has 176 valence electrons. The van der Waals surface area contributed by atoms with Crippen LogP contribution in [0.1, 0.15) is 5.56 Å². The number of H-pyrrole nitrogens is 1. The molecule has 2 saturated heterocycles. The van der Waals surface area contributed by atoms with Gasteiger partial charge in [-0.3, -0.25) is 9.69 Å². The average molecular weight is 472 g/mol. The van der Waals surface area contributed by atoms with Crippen molar-refractivity contribution < 1.29 is 0 Å². The predicted octanol–water partition coefficient (Wildman–Crippen LogP) is 1.04. The minimum atomic E-state index is -0.301. The fourth-order valence-electron chi connectivity index (χ4n) is 4.19. The maximum absolute atomic E-state index is 12.5. The maximum Gasteiger partial charge on any atom is 0.277 e. The van der Waals surface area contributed by atoms with Crippen molar-refractivity contribution >= 4 is 40.8 Å². The smallest absolute Gasteiger partial charge is 0.277 e. The Balaban J connectivity index is 0.00000259. The molecule has 0 bridgehead atoms. The van der Waals surface area contributed by atoms with Crippen molar-refractivity contribution in [1.82, 2.24) is 35.3 Å². The Hall–Kier alpha value is -2.79. The second kappa shape index (κ2) is 10.4. The number of halogens is 1. The second-order valence-corrected chi connectivity index (χ2v) is 8.47. The molecule has 1 aromatic carbocycles. The quantitative estimate of drug-likeness (QED) is 0.503. The number of hydrogen-bond acceptors (Lipinski definition) is 9. The number of benzene rings is 1. The Bertz CT molecular complexity index is 1120. The van der Waals surface area contributed by atoms with Gasteiger partial charge in [-0.2, -0.15) is 10.1 Å². The van der Waals surface area contributed by atoms with Crippen molar-refractivity contribution in [3.8, 4) is 0 Å². The first-order valence-electron chi connectivity index (χ1n) is 11.1. The Kier molecular flexibility index (Phi) is 7.39. The lowest BCUT2D eigenvalue weighted by atomic mass is 10.2. The Morgan fingerprint density at radius 1 is 1.00 bits per heavy atom. The van der Waals surface area contributed by atoms with Gasteiger partial charge >= 0.3 is 0 Å². The Morgan fingerprint density at radius 3 is 2.45 bits per heavy atom. The number of fused-ring (bicyclic) bond motifs is 1. The molecule has 2 aromatic heterocycles. The van der Waals surface area contributed by atoms with Crippen LogP contribution in [0.25, 0.3) is 10.9 Å². The summed E-state index contributed by atoms with van der Waals surface area (Å²) < 4.78 is 0. The van der Waals surface area contributed by atoms with E-state index < -0.39 is 0 Å². The molecule has 0 unspecified atom stereocenters. The third-order valence-electron chi connectivity index (χ3n) is 6.12. The molecule has 3 aromatic rings. The van der Waals surface area contributed by atoms with Gasteiger partial charge in [0, 0.05) is 64.6 Å².